The summed E-state index contributed by atoms with van der Waals surface area (Å²) < 4.78 is 5.55. The summed E-state index contributed by atoms with van der Waals surface area (Å²) in [5, 5.41) is 10.8. The molecule has 0 aromatic heterocycles. The second-order valence-corrected chi connectivity index (χ2v) is 3.29. The first kappa shape index (κ1) is 11.4. The van der Waals surface area contributed by atoms with Crippen LogP contribution in [0.3, 0.4) is 0 Å². The number of carboxylic acid groups (broad SMARTS) is 1. The van der Waals surface area contributed by atoms with E-state index < -0.39 is 6.09 Å². The van der Waals surface area contributed by atoms with E-state index in [2.05, 4.69) is 5.32 Å². The molecule has 0 saturated heterocycles. The third kappa shape index (κ3) is 3.89. The Kier molecular flexibility index (Phi) is 3.97. The SMILES string of the molecule is CCC(C)Oc1cccc(NC(=O)O)c1. The molecular formula is C11H15NO3. The molecule has 4 heteroatoms. The topological polar surface area (TPSA) is 58.6 Å². The average Bonchev–Trinajstić information content (AvgIpc) is 2.17. The van der Waals surface area contributed by atoms with Crippen molar-refractivity contribution in [2.75, 3.05) is 5.32 Å². The van der Waals surface area contributed by atoms with Gasteiger partial charge in [-0.05, 0) is 25.5 Å². The van der Waals surface area contributed by atoms with Crippen molar-refractivity contribution in [3.8, 4) is 5.75 Å². The van der Waals surface area contributed by atoms with Crippen LogP contribution in [-0.2, 0) is 0 Å². The Morgan fingerprint density at radius 2 is 2.33 bits per heavy atom. The molecule has 1 unspecified atom stereocenters. The maximum atomic E-state index is 10.4. The largest absolute Gasteiger partial charge is 0.491 e. The van der Waals surface area contributed by atoms with Crippen LogP contribution >= 0.6 is 0 Å². The predicted molar refractivity (Wildman–Crippen MR) is 58.5 cm³/mol. The second kappa shape index (κ2) is 5.24. The Hall–Kier alpha value is -1.71. The van der Waals surface area contributed by atoms with E-state index in [0.717, 1.165) is 6.42 Å². The van der Waals surface area contributed by atoms with E-state index in [1.807, 2.05) is 13.8 Å². The first-order valence-corrected chi connectivity index (χ1v) is 4.88. The number of ether oxygens (including phenoxy) is 1. The zero-order valence-corrected chi connectivity index (χ0v) is 8.86. The Balaban J connectivity index is 2.69. The molecule has 1 amide bonds. The van der Waals surface area contributed by atoms with E-state index in [1.165, 1.54) is 0 Å². The van der Waals surface area contributed by atoms with E-state index in [-0.39, 0.29) is 6.10 Å². The van der Waals surface area contributed by atoms with E-state index in [4.69, 9.17) is 9.84 Å². The van der Waals surface area contributed by atoms with Crippen LogP contribution in [0.15, 0.2) is 24.3 Å². The van der Waals surface area contributed by atoms with Gasteiger partial charge >= 0.3 is 6.09 Å². The monoisotopic (exact) mass is 209 g/mol. The lowest BCUT2D eigenvalue weighted by atomic mass is 10.3. The van der Waals surface area contributed by atoms with Crippen molar-refractivity contribution in [2.45, 2.75) is 26.4 Å². The fourth-order valence-corrected chi connectivity index (χ4v) is 1.09. The molecular weight excluding hydrogens is 194 g/mol. The summed E-state index contributed by atoms with van der Waals surface area (Å²) in [4.78, 5) is 10.4. The molecule has 0 aliphatic rings. The van der Waals surface area contributed by atoms with Crippen molar-refractivity contribution in [2.24, 2.45) is 0 Å². The van der Waals surface area contributed by atoms with Crippen LogP contribution in [0.4, 0.5) is 10.5 Å². The van der Waals surface area contributed by atoms with Gasteiger partial charge in [0.05, 0.1) is 6.10 Å². The number of carbonyl (C=O) groups is 1. The number of hydrogen-bond donors (Lipinski definition) is 2. The molecule has 1 aromatic rings. The zero-order chi connectivity index (χ0) is 11.3. The number of benzene rings is 1. The molecule has 15 heavy (non-hydrogen) atoms. The Labute approximate surface area is 88.9 Å². The minimum atomic E-state index is -1.07. The van der Waals surface area contributed by atoms with Gasteiger partial charge in [-0.1, -0.05) is 13.0 Å². The van der Waals surface area contributed by atoms with Gasteiger partial charge in [0.15, 0.2) is 0 Å². The van der Waals surface area contributed by atoms with E-state index in [0.29, 0.717) is 11.4 Å². The van der Waals surface area contributed by atoms with Crippen LogP contribution in [0.2, 0.25) is 0 Å². The van der Waals surface area contributed by atoms with Gasteiger partial charge in [0.25, 0.3) is 0 Å². The van der Waals surface area contributed by atoms with Crippen LogP contribution < -0.4 is 10.1 Å². The summed E-state index contributed by atoms with van der Waals surface area (Å²) in [6.07, 6.45) is -0.0305. The van der Waals surface area contributed by atoms with Gasteiger partial charge in [-0.15, -0.1) is 0 Å². The minimum Gasteiger partial charge on any atom is -0.491 e. The maximum absolute atomic E-state index is 10.4. The first-order valence-electron chi connectivity index (χ1n) is 4.88. The molecule has 0 aliphatic carbocycles. The second-order valence-electron chi connectivity index (χ2n) is 3.29. The molecule has 0 saturated carbocycles. The molecule has 0 radical (unpaired) electrons. The van der Waals surface area contributed by atoms with Crippen LogP contribution in [0, 0.1) is 0 Å². The highest BCUT2D eigenvalue weighted by molar-refractivity contribution is 5.83. The van der Waals surface area contributed by atoms with E-state index >= 15 is 0 Å². The molecule has 0 fully saturated rings. The van der Waals surface area contributed by atoms with Crippen molar-refractivity contribution in [3.05, 3.63) is 24.3 Å². The minimum absolute atomic E-state index is 0.130. The summed E-state index contributed by atoms with van der Waals surface area (Å²) in [7, 11) is 0. The number of nitrogens with one attached hydrogen (secondary N) is 1. The fraction of sp³-hybridized carbons (Fsp3) is 0.364. The standard InChI is InChI=1S/C11H15NO3/c1-3-8(2)15-10-6-4-5-9(7-10)12-11(13)14/h4-8,12H,3H2,1-2H3,(H,13,14). The van der Waals surface area contributed by atoms with E-state index in [9.17, 15) is 4.79 Å². The molecule has 4 nitrogen and oxygen atoms in total. The summed E-state index contributed by atoms with van der Waals surface area (Å²) in [6, 6.07) is 6.90. The van der Waals surface area contributed by atoms with Gasteiger partial charge in [-0.25, -0.2) is 4.79 Å². The molecule has 2 N–H and O–H groups in total. The highest BCUT2D eigenvalue weighted by Gasteiger charge is 2.03. The highest BCUT2D eigenvalue weighted by Crippen LogP contribution is 2.18. The quantitative estimate of drug-likeness (QED) is 0.801. The Bertz CT molecular complexity index is 338. The van der Waals surface area contributed by atoms with Gasteiger partial charge in [-0.2, -0.15) is 0 Å². The molecule has 0 spiro atoms. The van der Waals surface area contributed by atoms with Gasteiger partial charge in [0.1, 0.15) is 5.75 Å². The average molecular weight is 209 g/mol. The molecule has 0 aliphatic heterocycles. The van der Waals surface area contributed by atoms with Crippen molar-refractivity contribution >= 4 is 11.8 Å². The van der Waals surface area contributed by atoms with Crippen LogP contribution in [-0.4, -0.2) is 17.3 Å². The molecule has 1 aromatic carbocycles. The summed E-state index contributed by atoms with van der Waals surface area (Å²) in [6.45, 7) is 4.00. The van der Waals surface area contributed by atoms with Crippen LogP contribution in [0.25, 0.3) is 0 Å². The maximum Gasteiger partial charge on any atom is 0.409 e. The third-order valence-electron chi connectivity index (χ3n) is 2.00. The molecule has 1 atom stereocenters. The van der Waals surface area contributed by atoms with Crippen LogP contribution in [0.5, 0.6) is 5.75 Å². The van der Waals surface area contributed by atoms with Crippen LogP contribution in [0.1, 0.15) is 20.3 Å². The summed E-state index contributed by atoms with van der Waals surface area (Å²) in [5.74, 6) is 0.676. The van der Waals surface area contributed by atoms with Gasteiger partial charge < -0.3 is 9.84 Å². The number of rotatable bonds is 4. The normalized spacial score (nSPS) is 11.9. The van der Waals surface area contributed by atoms with Crippen molar-refractivity contribution in [3.63, 3.8) is 0 Å². The Morgan fingerprint density at radius 3 is 2.93 bits per heavy atom. The molecule has 0 bridgehead atoms. The summed E-state index contributed by atoms with van der Waals surface area (Å²) in [5.41, 5.74) is 0.517. The molecule has 1 rings (SSSR count). The lowest BCUT2D eigenvalue weighted by Crippen LogP contribution is -2.10. The Morgan fingerprint density at radius 1 is 1.60 bits per heavy atom. The predicted octanol–water partition coefficient (Wildman–Crippen LogP) is 2.95. The number of anilines is 1. The molecule has 82 valence electrons. The van der Waals surface area contributed by atoms with Gasteiger partial charge in [0, 0.05) is 11.8 Å². The van der Waals surface area contributed by atoms with E-state index in [1.54, 1.807) is 24.3 Å². The fourth-order valence-electron chi connectivity index (χ4n) is 1.09. The number of hydrogen-bond acceptors (Lipinski definition) is 2. The highest BCUT2D eigenvalue weighted by atomic mass is 16.5. The zero-order valence-electron chi connectivity index (χ0n) is 8.86. The lowest BCUT2D eigenvalue weighted by molar-refractivity contribution is 0.209. The first-order chi connectivity index (χ1) is 7.11. The lowest BCUT2D eigenvalue weighted by Gasteiger charge is -2.13. The van der Waals surface area contributed by atoms with Gasteiger partial charge in [0.2, 0.25) is 0 Å². The van der Waals surface area contributed by atoms with Crippen molar-refractivity contribution in [1.29, 1.82) is 0 Å². The third-order valence-corrected chi connectivity index (χ3v) is 2.00. The van der Waals surface area contributed by atoms with Crippen molar-refractivity contribution in [1.82, 2.24) is 0 Å². The summed E-state index contributed by atoms with van der Waals surface area (Å²) >= 11 is 0. The van der Waals surface area contributed by atoms with Gasteiger partial charge in [-0.3, -0.25) is 5.32 Å². The number of amides is 1. The smallest absolute Gasteiger partial charge is 0.409 e. The molecule has 0 heterocycles. The van der Waals surface area contributed by atoms with Crippen molar-refractivity contribution < 1.29 is 14.6 Å².